The topological polar surface area (TPSA) is 75.2 Å². The van der Waals surface area contributed by atoms with Crippen LogP contribution in [0, 0.1) is 0 Å². The lowest BCUT2D eigenvalue weighted by Gasteiger charge is -2.15. The summed E-state index contributed by atoms with van der Waals surface area (Å²) in [5.41, 5.74) is 18.5. The molecule has 0 atom stereocenters. The van der Waals surface area contributed by atoms with Gasteiger partial charge in [0, 0.05) is 91.7 Å². The second-order valence-electron chi connectivity index (χ2n) is 27.9. The molecular formula is C94H51N9. The summed E-state index contributed by atoms with van der Waals surface area (Å²) in [5, 5.41) is 25.7. The van der Waals surface area contributed by atoms with E-state index in [0.717, 1.165) is 121 Å². The van der Waals surface area contributed by atoms with Crippen LogP contribution in [0.1, 0.15) is 0 Å². The molecule has 103 heavy (non-hydrogen) atoms. The molecule has 0 aliphatic rings. The minimum Gasteiger partial charge on any atom is -0.308 e. The van der Waals surface area contributed by atoms with Gasteiger partial charge in [-0.25, -0.2) is 15.0 Å². The molecule has 9 heteroatoms. The molecular weight excluding hydrogens is 1260 g/mol. The number of benzene rings is 16. The molecule has 0 radical (unpaired) electrons. The van der Waals surface area contributed by atoms with Crippen molar-refractivity contribution >= 4 is 196 Å². The van der Waals surface area contributed by atoms with Crippen molar-refractivity contribution in [2.75, 3.05) is 0 Å². The van der Waals surface area contributed by atoms with E-state index in [4.69, 9.17) is 19.9 Å². The molecule has 0 unspecified atom stereocenters. The first kappa shape index (κ1) is 54.0. The molecule has 0 fully saturated rings. The minimum absolute atomic E-state index is 0.620. The third kappa shape index (κ3) is 6.90. The highest BCUT2D eigenvalue weighted by Gasteiger charge is 2.31. The van der Waals surface area contributed by atoms with Crippen molar-refractivity contribution in [2.45, 2.75) is 0 Å². The van der Waals surface area contributed by atoms with Gasteiger partial charge >= 0.3 is 0 Å². The number of aromatic nitrogens is 9. The lowest BCUT2D eigenvalue weighted by molar-refractivity contribution is 0.973. The zero-order valence-corrected chi connectivity index (χ0v) is 55.0. The standard InChI is InChI=1S/C94H51N9/c1-5-25-58-52(21-1)41-45-81-83(58)71-50-69-62-29-11-16-36-75(62)99-78-39-19-12-32-65(78)85(87(69)99)89(71)102(81)92-63-30-7-14-34-73(63)95-91(97-92)56-47-54-23-3-4-24-57(54)67(49-56)55-43-44-80-68(48-55)70-51-72-84-59-26-6-2-22-53(59)42-46-82(84)103(90(72)86-66-33-13-20-40-79(66)100(80)88(70)86)93-64-31-8-15-35-74(64)96-94(98-93)101-76-37-17-9-27-60(76)61-28-10-18-38-77(61)101/h1-51H. The second-order valence-corrected chi connectivity index (χ2v) is 27.9. The molecule has 472 valence electrons. The number of nitrogens with zero attached hydrogens (tertiary/aromatic N) is 9. The Kier molecular flexibility index (Phi) is 10.2. The molecule has 25 aromatic rings. The van der Waals surface area contributed by atoms with Crippen LogP contribution in [0.15, 0.2) is 309 Å². The number of hydrogen-bond donors (Lipinski definition) is 0. The Morgan fingerprint density at radius 2 is 0.621 bits per heavy atom. The average molecular weight is 1310 g/mol. The van der Waals surface area contributed by atoms with Gasteiger partial charge in [0.2, 0.25) is 5.95 Å². The van der Waals surface area contributed by atoms with Crippen molar-refractivity contribution in [3.8, 4) is 40.1 Å². The third-order valence-corrected chi connectivity index (χ3v) is 22.9. The van der Waals surface area contributed by atoms with Gasteiger partial charge < -0.3 is 8.80 Å². The van der Waals surface area contributed by atoms with E-state index in [-0.39, 0.29) is 0 Å². The van der Waals surface area contributed by atoms with E-state index in [1.165, 1.54) is 103 Å². The summed E-state index contributed by atoms with van der Waals surface area (Å²) in [5.74, 6) is 2.94. The van der Waals surface area contributed by atoms with E-state index in [1.54, 1.807) is 0 Å². The summed E-state index contributed by atoms with van der Waals surface area (Å²) in [7, 11) is 0. The van der Waals surface area contributed by atoms with Crippen molar-refractivity contribution in [1.82, 2.24) is 42.4 Å². The monoisotopic (exact) mass is 1310 g/mol. The van der Waals surface area contributed by atoms with Crippen molar-refractivity contribution in [2.24, 2.45) is 0 Å². The summed E-state index contributed by atoms with van der Waals surface area (Å²) in [6, 6.07) is 114. The van der Waals surface area contributed by atoms with E-state index < -0.39 is 0 Å². The molecule has 0 bridgehead atoms. The SMILES string of the molecule is c1ccc2c(-c3ccc4c(c3)c3cc5c6c7ccccc7ccc6n(-c6nc(-n7c8ccccc8c8ccccc87)nc7ccccc67)c5c5c6ccccc6n4c35)cc(-c3nc(-n4c5ccc6ccccc6c5c5cc6c7ccccc7n7c8ccccc8c(c54)c67)c4ccccc4n3)cc2c1. The van der Waals surface area contributed by atoms with Gasteiger partial charge in [0.25, 0.3) is 0 Å². The predicted octanol–water partition coefficient (Wildman–Crippen LogP) is 24.0. The van der Waals surface area contributed by atoms with Gasteiger partial charge in [-0.2, -0.15) is 4.98 Å². The first-order valence-electron chi connectivity index (χ1n) is 35.3. The van der Waals surface area contributed by atoms with E-state index in [1.807, 2.05) is 0 Å². The fourth-order valence-electron chi connectivity index (χ4n) is 18.7. The van der Waals surface area contributed by atoms with Crippen molar-refractivity contribution in [3.63, 3.8) is 0 Å². The number of para-hydroxylation sites is 7. The van der Waals surface area contributed by atoms with E-state index >= 15 is 0 Å². The van der Waals surface area contributed by atoms with Crippen LogP contribution in [-0.4, -0.2) is 42.4 Å². The largest absolute Gasteiger partial charge is 0.308 e. The van der Waals surface area contributed by atoms with Gasteiger partial charge in [0.05, 0.1) is 77.2 Å². The Balaban J connectivity index is 0.748. The van der Waals surface area contributed by atoms with Gasteiger partial charge in [-0.1, -0.05) is 206 Å². The van der Waals surface area contributed by atoms with Gasteiger partial charge in [-0.05, 0) is 147 Å². The molecule has 0 amide bonds. The van der Waals surface area contributed by atoms with Crippen LogP contribution in [0.2, 0.25) is 0 Å². The fraction of sp³-hybridized carbons (Fsp3) is 0. The maximum absolute atomic E-state index is 5.93. The Labute approximate surface area is 584 Å². The molecule has 16 aromatic carbocycles. The van der Waals surface area contributed by atoms with Crippen molar-refractivity contribution in [1.29, 1.82) is 0 Å². The summed E-state index contributed by atoms with van der Waals surface area (Å²) in [6.07, 6.45) is 0. The Morgan fingerprint density at radius 3 is 1.19 bits per heavy atom. The van der Waals surface area contributed by atoms with Gasteiger partial charge in [0.15, 0.2) is 11.6 Å². The van der Waals surface area contributed by atoms with Crippen LogP contribution in [0.4, 0.5) is 0 Å². The van der Waals surface area contributed by atoms with Crippen LogP contribution < -0.4 is 0 Å². The summed E-state index contributed by atoms with van der Waals surface area (Å²) in [6.45, 7) is 0. The molecule has 0 aliphatic heterocycles. The molecule has 9 nitrogen and oxygen atoms in total. The first-order valence-corrected chi connectivity index (χ1v) is 35.3. The van der Waals surface area contributed by atoms with Crippen LogP contribution in [0.3, 0.4) is 0 Å². The summed E-state index contributed by atoms with van der Waals surface area (Å²) >= 11 is 0. The Bertz CT molecular complexity index is 8090. The third-order valence-electron chi connectivity index (χ3n) is 22.9. The highest BCUT2D eigenvalue weighted by atomic mass is 15.2. The quantitative estimate of drug-likeness (QED) is 0.172. The van der Waals surface area contributed by atoms with Gasteiger partial charge in [-0.3, -0.25) is 13.7 Å². The van der Waals surface area contributed by atoms with Gasteiger partial charge in [0.1, 0.15) is 5.82 Å². The van der Waals surface area contributed by atoms with Crippen LogP contribution in [0.25, 0.3) is 236 Å². The molecule has 9 aromatic heterocycles. The molecule has 0 spiro atoms. The van der Waals surface area contributed by atoms with E-state index in [9.17, 15) is 0 Å². The van der Waals surface area contributed by atoms with Gasteiger partial charge in [-0.15, -0.1) is 0 Å². The maximum Gasteiger partial charge on any atom is 0.237 e. The number of fused-ring (bicyclic) bond motifs is 30. The van der Waals surface area contributed by atoms with Crippen LogP contribution in [-0.2, 0) is 0 Å². The number of rotatable bonds is 5. The first-order chi connectivity index (χ1) is 51.1. The lowest BCUT2D eigenvalue weighted by atomic mass is 9.94. The van der Waals surface area contributed by atoms with E-state index in [0.29, 0.717) is 11.8 Å². The molecule has 0 saturated carbocycles. The van der Waals surface area contributed by atoms with Crippen LogP contribution >= 0.6 is 0 Å². The molecule has 0 saturated heterocycles. The second kappa shape index (κ2) is 19.5. The van der Waals surface area contributed by atoms with Crippen LogP contribution in [0.5, 0.6) is 0 Å². The average Bonchev–Trinajstić information content (AvgIpc) is 1.52. The molecule has 9 heterocycles. The molecule has 25 rings (SSSR count). The van der Waals surface area contributed by atoms with Crippen molar-refractivity contribution < 1.29 is 0 Å². The van der Waals surface area contributed by atoms with Crippen molar-refractivity contribution in [3.05, 3.63) is 309 Å². The summed E-state index contributed by atoms with van der Waals surface area (Å²) < 4.78 is 12.2. The molecule has 0 aliphatic carbocycles. The lowest BCUT2D eigenvalue weighted by Crippen LogP contribution is -2.07. The van der Waals surface area contributed by atoms with E-state index in [2.05, 4.69) is 332 Å². The molecule has 0 N–H and O–H groups in total. The zero-order chi connectivity index (χ0) is 66.6. The smallest absolute Gasteiger partial charge is 0.237 e. The zero-order valence-electron chi connectivity index (χ0n) is 55.0. The highest BCUT2D eigenvalue weighted by molar-refractivity contribution is 6.38. The minimum atomic E-state index is 0.620. The fourth-order valence-corrected chi connectivity index (χ4v) is 18.7. The maximum atomic E-state index is 5.93. The Morgan fingerprint density at radius 1 is 0.204 bits per heavy atom. The highest BCUT2D eigenvalue weighted by Crippen LogP contribution is 2.52. The summed E-state index contributed by atoms with van der Waals surface area (Å²) in [4.78, 5) is 22.8. The Hall–Kier alpha value is -14.0. The predicted molar refractivity (Wildman–Crippen MR) is 428 cm³/mol. The normalized spacial score (nSPS) is 12.7. The number of hydrogen-bond acceptors (Lipinski definition) is 4.